The molecule has 1 aliphatic rings. The number of benzene rings is 2. The standard InChI is InChI=1S/C21H18F3N3O3/c1-2-13-4-3-5-16(10-13)27-12-15(11-18(27)28)20-25-19(26-30-20)14-6-8-17(9-7-14)29-21(22,23)24/h3-10,15H,2,11-12H2,1H3. The number of rotatable bonds is 5. The number of carbonyl (C=O) groups excluding carboxylic acids is 1. The average molecular weight is 417 g/mol. The number of nitrogens with zero attached hydrogens (tertiary/aromatic N) is 3. The second-order valence-electron chi connectivity index (χ2n) is 6.96. The van der Waals surface area contributed by atoms with Gasteiger partial charge in [0.15, 0.2) is 0 Å². The van der Waals surface area contributed by atoms with E-state index in [0.717, 1.165) is 17.7 Å². The zero-order valence-corrected chi connectivity index (χ0v) is 16.0. The van der Waals surface area contributed by atoms with Gasteiger partial charge in [0.25, 0.3) is 0 Å². The molecule has 4 rings (SSSR count). The molecule has 1 aromatic heterocycles. The first-order chi connectivity index (χ1) is 14.3. The number of hydrogen-bond acceptors (Lipinski definition) is 5. The number of anilines is 1. The third kappa shape index (κ3) is 4.29. The number of carbonyl (C=O) groups is 1. The number of aryl methyl sites for hydroxylation is 1. The van der Waals surface area contributed by atoms with E-state index in [9.17, 15) is 18.0 Å². The van der Waals surface area contributed by atoms with Crippen LogP contribution in [0.15, 0.2) is 53.1 Å². The molecule has 156 valence electrons. The Labute approximate surface area is 170 Å². The normalized spacial score (nSPS) is 16.9. The maximum absolute atomic E-state index is 12.5. The van der Waals surface area contributed by atoms with E-state index in [1.54, 1.807) is 4.90 Å². The number of halogens is 3. The van der Waals surface area contributed by atoms with E-state index in [4.69, 9.17) is 4.52 Å². The highest BCUT2D eigenvalue weighted by Crippen LogP contribution is 2.33. The van der Waals surface area contributed by atoms with Crippen molar-refractivity contribution in [2.45, 2.75) is 32.0 Å². The van der Waals surface area contributed by atoms with Crippen molar-refractivity contribution < 1.29 is 27.2 Å². The van der Waals surface area contributed by atoms with Crippen LogP contribution in [0.4, 0.5) is 18.9 Å². The van der Waals surface area contributed by atoms with Crippen LogP contribution in [-0.2, 0) is 11.2 Å². The SMILES string of the molecule is CCc1cccc(N2CC(c3nc(-c4ccc(OC(F)(F)F)cc4)no3)CC2=O)c1. The van der Waals surface area contributed by atoms with Gasteiger partial charge in [-0.25, -0.2) is 0 Å². The molecule has 0 bridgehead atoms. The molecule has 3 aromatic rings. The molecule has 30 heavy (non-hydrogen) atoms. The predicted molar refractivity (Wildman–Crippen MR) is 102 cm³/mol. The molecule has 0 aliphatic carbocycles. The smallest absolute Gasteiger partial charge is 0.406 e. The summed E-state index contributed by atoms with van der Waals surface area (Å²) < 4.78 is 46.0. The van der Waals surface area contributed by atoms with Crippen LogP contribution in [0.5, 0.6) is 5.75 Å². The van der Waals surface area contributed by atoms with Crippen molar-refractivity contribution >= 4 is 11.6 Å². The Morgan fingerprint density at radius 3 is 2.67 bits per heavy atom. The third-order valence-electron chi connectivity index (χ3n) is 4.89. The Hall–Kier alpha value is -3.36. The summed E-state index contributed by atoms with van der Waals surface area (Å²) in [5.74, 6) is -0.0506. The van der Waals surface area contributed by atoms with E-state index in [0.29, 0.717) is 18.0 Å². The second-order valence-corrected chi connectivity index (χ2v) is 6.96. The minimum absolute atomic E-state index is 0.0262. The van der Waals surface area contributed by atoms with Crippen molar-refractivity contribution in [3.05, 3.63) is 60.0 Å². The molecule has 1 atom stereocenters. The number of hydrogen-bond donors (Lipinski definition) is 0. The summed E-state index contributed by atoms with van der Waals surface area (Å²) in [4.78, 5) is 18.6. The molecule has 1 aliphatic heterocycles. The monoisotopic (exact) mass is 417 g/mol. The van der Waals surface area contributed by atoms with Gasteiger partial charge in [-0.2, -0.15) is 4.98 Å². The molecule has 2 heterocycles. The van der Waals surface area contributed by atoms with Crippen LogP contribution in [0, 0.1) is 0 Å². The summed E-state index contributed by atoms with van der Waals surface area (Å²) in [5.41, 5.74) is 2.46. The van der Waals surface area contributed by atoms with Gasteiger partial charge in [-0.05, 0) is 48.4 Å². The first kappa shape index (κ1) is 19.9. The summed E-state index contributed by atoms with van der Waals surface area (Å²) >= 11 is 0. The van der Waals surface area contributed by atoms with Crippen LogP contribution in [0.25, 0.3) is 11.4 Å². The minimum Gasteiger partial charge on any atom is -0.406 e. The molecule has 0 saturated carbocycles. The molecule has 0 spiro atoms. The molecule has 6 nitrogen and oxygen atoms in total. The third-order valence-corrected chi connectivity index (χ3v) is 4.89. The lowest BCUT2D eigenvalue weighted by atomic mass is 10.1. The van der Waals surface area contributed by atoms with Crippen LogP contribution in [0.3, 0.4) is 0 Å². The second kappa shape index (κ2) is 7.81. The van der Waals surface area contributed by atoms with E-state index >= 15 is 0 Å². The van der Waals surface area contributed by atoms with Crippen LogP contribution in [0.2, 0.25) is 0 Å². The molecular formula is C21H18F3N3O3. The zero-order chi connectivity index (χ0) is 21.3. The highest BCUT2D eigenvalue weighted by atomic mass is 19.4. The fourth-order valence-electron chi connectivity index (χ4n) is 3.39. The number of alkyl halides is 3. The lowest BCUT2D eigenvalue weighted by molar-refractivity contribution is -0.274. The molecule has 2 aromatic carbocycles. The van der Waals surface area contributed by atoms with Crippen LogP contribution < -0.4 is 9.64 Å². The predicted octanol–water partition coefficient (Wildman–Crippen LogP) is 4.72. The van der Waals surface area contributed by atoms with E-state index in [-0.39, 0.29) is 29.8 Å². The maximum Gasteiger partial charge on any atom is 0.573 e. The Kier molecular flexibility index (Phi) is 5.19. The van der Waals surface area contributed by atoms with Crippen molar-refractivity contribution in [1.29, 1.82) is 0 Å². The van der Waals surface area contributed by atoms with Crippen molar-refractivity contribution in [3.63, 3.8) is 0 Å². The van der Waals surface area contributed by atoms with Gasteiger partial charge in [0.1, 0.15) is 5.75 Å². The number of amides is 1. The molecular weight excluding hydrogens is 399 g/mol. The van der Waals surface area contributed by atoms with Gasteiger partial charge in [-0.1, -0.05) is 24.2 Å². The van der Waals surface area contributed by atoms with E-state index in [2.05, 4.69) is 21.8 Å². The molecule has 0 radical (unpaired) electrons. The number of aromatic nitrogens is 2. The Morgan fingerprint density at radius 2 is 1.97 bits per heavy atom. The van der Waals surface area contributed by atoms with Crippen molar-refractivity contribution in [2.75, 3.05) is 11.4 Å². The fourth-order valence-corrected chi connectivity index (χ4v) is 3.39. The Balaban J connectivity index is 1.48. The van der Waals surface area contributed by atoms with Gasteiger partial charge in [0.2, 0.25) is 17.6 Å². The molecule has 0 N–H and O–H groups in total. The lowest BCUT2D eigenvalue weighted by Gasteiger charge is -2.16. The summed E-state index contributed by atoms with van der Waals surface area (Å²) in [6.07, 6.45) is -3.63. The fraction of sp³-hybridized carbons (Fsp3) is 0.286. The quantitative estimate of drug-likeness (QED) is 0.601. The molecule has 1 saturated heterocycles. The van der Waals surface area contributed by atoms with Crippen LogP contribution in [0.1, 0.15) is 30.7 Å². The van der Waals surface area contributed by atoms with Crippen molar-refractivity contribution in [3.8, 4) is 17.1 Å². The maximum atomic E-state index is 12.5. The first-order valence-electron chi connectivity index (χ1n) is 9.41. The molecule has 1 unspecified atom stereocenters. The first-order valence-corrected chi connectivity index (χ1v) is 9.41. The van der Waals surface area contributed by atoms with E-state index in [1.807, 2.05) is 24.3 Å². The summed E-state index contributed by atoms with van der Waals surface area (Å²) in [7, 11) is 0. The minimum atomic E-state index is -4.75. The van der Waals surface area contributed by atoms with Crippen molar-refractivity contribution in [1.82, 2.24) is 10.1 Å². The largest absolute Gasteiger partial charge is 0.573 e. The molecule has 1 amide bonds. The zero-order valence-electron chi connectivity index (χ0n) is 16.0. The Bertz CT molecular complexity index is 1050. The van der Waals surface area contributed by atoms with Crippen LogP contribution >= 0.6 is 0 Å². The van der Waals surface area contributed by atoms with Gasteiger partial charge in [0, 0.05) is 24.2 Å². The molecule has 1 fully saturated rings. The van der Waals surface area contributed by atoms with E-state index < -0.39 is 6.36 Å². The Morgan fingerprint density at radius 1 is 1.20 bits per heavy atom. The highest BCUT2D eigenvalue weighted by Gasteiger charge is 2.35. The van der Waals surface area contributed by atoms with Crippen LogP contribution in [-0.4, -0.2) is 29.0 Å². The van der Waals surface area contributed by atoms with Gasteiger partial charge in [-0.3, -0.25) is 4.79 Å². The van der Waals surface area contributed by atoms with Gasteiger partial charge >= 0.3 is 6.36 Å². The van der Waals surface area contributed by atoms with Gasteiger partial charge < -0.3 is 14.2 Å². The number of ether oxygens (including phenoxy) is 1. The van der Waals surface area contributed by atoms with E-state index in [1.165, 1.54) is 24.3 Å². The molecule has 9 heteroatoms. The summed E-state index contributed by atoms with van der Waals surface area (Å²) in [6.45, 7) is 2.47. The average Bonchev–Trinajstić information content (AvgIpc) is 3.34. The summed E-state index contributed by atoms with van der Waals surface area (Å²) in [5, 5.41) is 3.91. The lowest BCUT2D eigenvalue weighted by Crippen LogP contribution is -2.24. The topological polar surface area (TPSA) is 68.5 Å². The highest BCUT2D eigenvalue weighted by molar-refractivity contribution is 5.96. The van der Waals surface area contributed by atoms with Gasteiger partial charge in [-0.15, -0.1) is 13.2 Å². The summed E-state index contributed by atoms with van der Waals surface area (Å²) in [6, 6.07) is 13.0. The van der Waals surface area contributed by atoms with Gasteiger partial charge in [0.05, 0.1) is 5.92 Å². The van der Waals surface area contributed by atoms with Crippen molar-refractivity contribution in [2.24, 2.45) is 0 Å².